The van der Waals surface area contributed by atoms with E-state index in [1.54, 1.807) is 16.4 Å². The van der Waals surface area contributed by atoms with Crippen molar-refractivity contribution in [3.05, 3.63) is 59.7 Å². The van der Waals surface area contributed by atoms with Crippen LogP contribution < -0.4 is 4.90 Å². The molecule has 5 rings (SSSR count). The number of fused-ring (bicyclic) bond motifs is 4. The SMILES string of the molecule is Cc1ccc(S(=O)(=O)N2Cc3ccccc3N(C(C)C)C[C@H]3O[C@@H]4OC(C)(C)O[C@@H]4[C@H]32)cc1. The average Bonchev–Trinajstić information content (AvgIpc) is 3.20. The molecule has 3 aliphatic rings. The van der Waals surface area contributed by atoms with Gasteiger partial charge in [0.2, 0.25) is 10.0 Å². The Labute approximate surface area is 196 Å². The zero-order valence-corrected chi connectivity index (χ0v) is 20.6. The maximum atomic E-state index is 14.0. The predicted octanol–water partition coefficient (Wildman–Crippen LogP) is 3.66. The Morgan fingerprint density at radius 2 is 1.73 bits per heavy atom. The van der Waals surface area contributed by atoms with Gasteiger partial charge in [-0.25, -0.2) is 8.42 Å². The summed E-state index contributed by atoms with van der Waals surface area (Å²) in [6.07, 6.45) is -1.52. The minimum absolute atomic E-state index is 0.217. The first kappa shape index (κ1) is 22.8. The van der Waals surface area contributed by atoms with Gasteiger partial charge in [0.15, 0.2) is 12.1 Å². The Morgan fingerprint density at radius 3 is 2.42 bits per heavy atom. The van der Waals surface area contributed by atoms with Crippen LogP contribution in [0.5, 0.6) is 0 Å². The van der Waals surface area contributed by atoms with Crippen molar-refractivity contribution in [3.8, 4) is 0 Å². The number of hydrogen-bond acceptors (Lipinski definition) is 6. The number of sulfonamides is 1. The molecule has 2 saturated heterocycles. The number of anilines is 1. The number of hydrogen-bond donors (Lipinski definition) is 0. The van der Waals surface area contributed by atoms with E-state index in [9.17, 15) is 8.42 Å². The van der Waals surface area contributed by atoms with Crippen LogP contribution in [-0.2, 0) is 30.8 Å². The van der Waals surface area contributed by atoms with Gasteiger partial charge >= 0.3 is 0 Å². The van der Waals surface area contributed by atoms with E-state index in [-0.39, 0.29) is 17.5 Å². The topological polar surface area (TPSA) is 68.3 Å². The summed E-state index contributed by atoms with van der Waals surface area (Å²) in [5.74, 6) is -0.836. The number of para-hydroxylation sites is 1. The van der Waals surface area contributed by atoms with Gasteiger partial charge in [-0.05, 0) is 58.4 Å². The zero-order chi connectivity index (χ0) is 23.5. The van der Waals surface area contributed by atoms with E-state index in [4.69, 9.17) is 14.2 Å². The van der Waals surface area contributed by atoms with Gasteiger partial charge in [-0.2, -0.15) is 4.31 Å². The molecule has 2 aromatic rings. The summed E-state index contributed by atoms with van der Waals surface area (Å²) < 4.78 is 48.3. The lowest BCUT2D eigenvalue weighted by Gasteiger charge is -2.41. The molecule has 3 heterocycles. The lowest BCUT2D eigenvalue weighted by Crippen LogP contribution is -2.55. The van der Waals surface area contributed by atoms with E-state index in [0.29, 0.717) is 6.54 Å². The normalized spacial score (nSPS) is 29.3. The van der Waals surface area contributed by atoms with Gasteiger partial charge in [0, 0.05) is 24.8 Å². The third kappa shape index (κ3) is 3.98. The van der Waals surface area contributed by atoms with Crippen molar-refractivity contribution in [3.63, 3.8) is 0 Å². The largest absolute Gasteiger partial charge is 0.366 e. The quantitative estimate of drug-likeness (QED) is 0.679. The molecule has 0 saturated carbocycles. The van der Waals surface area contributed by atoms with E-state index >= 15 is 0 Å². The molecule has 0 amide bonds. The highest BCUT2D eigenvalue weighted by atomic mass is 32.2. The molecule has 0 N–H and O–H groups in total. The second-order valence-corrected chi connectivity index (χ2v) is 11.8. The summed E-state index contributed by atoms with van der Waals surface area (Å²) in [6, 6.07) is 14.7. The molecule has 2 aromatic carbocycles. The standard InChI is InChI=1S/C25H32N2O5S/c1-16(2)26-15-21-22(23-24(30-21)32-25(4,5)31-23)27(14-18-8-6-7-9-20(18)26)33(28,29)19-12-10-17(3)11-13-19/h6-13,16,21-24H,14-15H2,1-5H3/t21-,22+,23-,24-/m1/s1. The van der Waals surface area contributed by atoms with E-state index in [1.165, 1.54) is 0 Å². The summed E-state index contributed by atoms with van der Waals surface area (Å²) in [5.41, 5.74) is 3.00. The van der Waals surface area contributed by atoms with Gasteiger partial charge in [0.05, 0.1) is 17.0 Å². The Kier molecular flexibility index (Phi) is 5.57. The minimum atomic E-state index is -3.83. The van der Waals surface area contributed by atoms with Gasteiger partial charge in [-0.1, -0.05) is 35.9 Å². The molecule has 2 fully saturated rings. The lowest BCUT2D eigenvalue weighted by atomic mass is 10.0. The maximum absolute atomic E-state index is 14.0. The Bertz CT molecular complexity index is 1130. The second kappa shape index (κ2) is 8.06. The van der Waals surface area contributed by atoms with Crippen LogP contribution in [0.1, 0.15) is 38.8 Å². The molecule has 0 aliphatic carbocycles. The summed E-state index contributed by atoms with van der Waals surface area (Å²) in [5, 5.41) is 0. The fraction of sp³-hybridized carbons (Fsp3) is 0.520. The summed E-state index contributed by atoms with van der Waals surface area (Å²) in [4.78, 5) is 2.56. The summed E-state index contributed by atoms with van der Waals surface area (Å²) in [7, 11) is -3.83. The monoisotopic (exact) mass is 472 g/mol. The molecule has 0 radical (unpaired) electrons. The molecule has 7 nitrogen and oxygen atoms in total. The maximum Gasteiger partial charge on any atom is 0.243 e. The van der Waals surface area contributed by atoms with Gasteiger partial charge in [-0.15, -0.1) is 0 Å². The fourth-order valence-electron chi connectivity index (χ4n) is 5.13. The number of benzene rings is 2. The molecule has 178 valence electrons. The van der Waals surface area contributed by atoms with Gasteiger partial charge in [-0.3, -0.25) is 0 Å². The summed E-state index contributed by atoms with van der Waals surface area (Å²) >= 11 is 0. The number of aryl methyl sites for hydroxylation is 1. The number of ether oxygens (including phenoxy) is 3. The molecular formula is C25H32N2O5S. The van der Waals surface area contributed by atoms with Gasteiger partial charge < -0.3 is 19.1 Å². The Morgan fingerprint density at radius 1 is 1.03 bits per heavy atom. The first-order valence-electron chi connectivity index (χ1n) is 11.5. The highest BCUT2D eigenvalue weighted by Gasteiger charge is 2.59. The van der Waals surface area contributed by atoms with E-state index < -0.39 is 40.4 Å². The van der Waals surface area contributed by atoms with Crippen molar-refractivity contribution < 1.29 is 22.6 Å². The van der Waals surface area contributed by atoms with Crippen LogP contribution in [0.25, 0.3) is 0 Å². The molecule has 0 unspecified atom stereocenters. The van der Waals surface area contributed by atoms with Crippen LogP contribution in [0.4, 0.5) is 5.69 Å². The lowest BCUT2D eigenvalue weighted by molar-refractivity contribution is -0.208. The molecule has 0 spiro atoms. The van der Waals surface area contributed by atoms with Crippen molar-refractivity contribution in [2.75, 3.05) is 11.4 Å². The first-order valence-corrected chi connectivity index (χ1v) is 12.9. The molecular weight excluding hydrogens is 440 g/mol. The van der Waals surface area contributed by atoms with E-state index in [0.717, 1.165) is 16.8 Å². The molecule has 0 bridgehead atoms. The van der Waals surface area contributed by atoms with Crippen LogP contribution in [-0.4, -0.2) is 55.6 Å². The number of rotatable bonds is 3. The number of nitrogens with zero attached hydrogens (tertiary/aromatic N) is 2. The molecule has 0 aromatic heterocycles. The molecule has 4 atom stereocenters. The molecule has 33 heavy (non-hydrogen) atoms. The van der Waals surface area contributed by atoms with Crippen molar-refractivity contribution >= 4 is 15.7 Å². The zero-order valence-electron chi connectivity index (χ0n) is 19.8. The average molecular weight is 473 g/mol. The smallest absolute Gasteiger partial charge is 0.243 e. The highest BCUT2D eigenvalue weighted by molar-refractivity contribution is 7.89. The fourth-order valence-corrected chi connectivity index (χ4v) is 6.76. The van der Waals surface area contributed by atoms with Crippen molar-refractivity contribution in [2.24, 2.45) is 0 Å². The Balaban J connectivity index is 1.65. The van der Waals surface area contributed by atoms with Crippen LogP contribution in [0.3, 0.4) is 0 Å². The van der Waals surface area contributed by atoms with E-state index in [2.05, 4.69) is 24.8 Å². The Hall–Kier alpha value is -1.97. The summed E-state index contributed by atoms with van der Waals surface area (Å²) in [6.45, 7) is 10.7. The van der Waals surface area contributed by atoms with Crippen molar-refractivity contribution in [1.29, 1.82) is 0 Å². The highest BCUT2D eigenvalue weighted by Crippen LogP contribution is 2.43. The van der Waals surface area contributed by atoms with Crippen molar-refractivity contribution in [1.82, 2.24) is 4.31 Å². The van der Waals surface area contributed by atoms with Crippen LogP contribution in [0.2, 0.25) is 0 Å². The van der Waals surface area contributed by atoms with E-state index in [1.807, 2.05) is 51.1 Å². The third-order valence-electron chi connectivity index (χ3n) is 6.70. The first-order chi connectivity index (χ1) is 15.6. The van der Waals surface area contributed by atoms with Crippen LogP contribution in [0, 0.1) is 6.92 Å². The molecule has 3 aliphatic heterocycles. The minimum Gasteiger partial charge on any atom is -0.366 e. The molecule has 8 heteroatoms. The third-order valence-corrected chi connectivity index (χ3v) is 8.56. The van der Waals surface area contributed by atoms with Crippen LogP contribution >= 0.6 is 0 Å². The predicted molar refractivity (Wildman–Crippen MR) is 125 cm³/mol. The second-order valence-electron chi connectivity index (χ2n) is 9.87. The van der Waals surface area contributed by atoms with Gasteiger partial charge in [0.1, 0.15) is 6.10 Å². The van der Waals surface area contributed by atoms with Crippen molar-refractivity contribution in [2.45, 2.75) is 82.4 Å². The van der Waals surface area contributed by atoms with Gasteiger partial charge in [0.25, 0.3) is 0 Å². The van der Waals surface area contributed by atoms with Crippen LogP contribution in [0.15, 0.2) is 53.4 Å².